The molecule has 2 aliphatic heterocycles. The summed E-state index contributed by atoms with van der Waals surface area (Å²) in [7, 11) is 0. The van der Waals surface area contributed by atoms with Gasteiger partial charge in [-0.05, 0) is 51.6 Å². The van der Waals surface area contributed by atoms with Crippen LogP contribution < -0.4 is 10.6 Å². The van der Waals surface area contributed by atoms with Crippen LogP contribution in [-0.4, -0.2) is 51.0 Å². The zero-order valence-corrected chi connectivity index (χ0v) is 11.7. The first kappa shape index (κ1) is 14.8. The number of amides is 1. The molecule has 2 heterocycles. The Morgan fingerprint density at radius 3 is 2.84 bits per heavy atom. The van der Waals surface area contributed by atoms with Crippen molar-refractivity contribution in [1.82, 2.24) is 10.6 Å². The van der Waals surface area contributed by atoms with Crippen LogP contribution in [0.2, 0.25) is 0 Å². The minimum Gasteiger partial charge on any atom is -0.378 e. The summed E-state index contributed by atoms with van der Waals surface area (Å²) in [6, 6.07) is 0. The van der Waals surface area contributed by atoms with E-state index in [4.69, 9.17) is 9.47 Å². The molecule has 0 aromatic carbocycles. The van der Waals surface area contributed by atoms with Crippen LogP contribution in [0.25, 0.3) is 0 Å². The Bertz CT molecular complexity index is 261. The van der Waals surface area contributed by atoms with Gasteiger partial charge in [-0.15, -0.1) is 0 Å². The molecule has 1 unspecified atom stereocenters. The molecule has 0 aliphatic carbocycles. The number of carbonyl (C=O) groups is 1. The number of piperidine rings is 1. The second-order valence-corrected chi connectivity index (χ2v) is 5.32. The number of hydrogen-bond acceptors (Lipinski definition) is 4. The van der Waals surface area contributed by atoms with E-state index < -0.39 is 0 Å². The first-order valence-corrected chi connectivity index (χ1v) is 7.58. The van der Waals surface area contributed by atoms with Gasteiger partial charge in [0.15, 0.2) is 0 Å². The molecule has 19 heavy (non-hydrogen) atoms. The Kier molecular flexibility index (Phi) is 6.61. The standard InChI is InChI=1S/C14H26N2O3/c17-14(13-4-1-2-10-19-13)16-7-3-11-18-12-5-8-15-9-6-12/h12-13,15H,1-11H2,(H,16,17). The minimum absolute atomic E-state index is 0.0431. The Morgan fingerprint density at radius 1 is 1.26 bits per heavy atom. The fourth-order valence-corrected chi connectivity index (χ4v) is 2.56. The first-order valence-electron chi connectivity index (χ1n) is 7.58. The molecule has 0 radical (unpaired) electrons. The van der Waals surface area contributed by atoms with Gasteiger partial charge in [-0.3, -0.25) is 4.79 Å². The first-order chi connectivity index (χ1) is 9.36. The van der Waals surface area contributed by atoms with Gasteiger partial charge in [0.1, 0.15) is 6.10 Å². The summed E-state index contributed by atoms with van der Waals surface area (Å²) in [6.45, 7) is 4.25. The van der Waals surface area contributed by atoms with Crippen LogP contribution in [0.4, 0.5) is 0 Å². The number of nitrogens with one attached hydrogen (secondary N) is 2. The highest BCUT2D eigenvalue weighted by molar-refractivity contribution is 5.80. The van der Waals surface area contributed by atoms with Crippen molar-refractivity contribution in [1.29, 1.82) is 0 Å². The summed E-state index contributed by atoms with van der Waals surface area (Å²) in [4.78, 5) is 11.8. The second-order valence-electron chi connectivity index (χ2n) is 5.32. The third-order valence-corrected chi connectivity index (χ3v) is 3.73. The SMILES string of the molecule is O=C(NCCCOC1CCNCC1)C1CCCCO1. The van der Waals surface area contributed by atoms with Crippen molar-refractivity contribution in [3.63, 3.8) is 0 Å². The fraction of sp³-hybridized carbons (Fsp3) is 0.929. The molecule has 0 aromatic rings. The molecule has 2 rings (SSSR count). The zero-order chi connectivity index (χ0) is 13.3. The van der Waals surface area contributed by atoms with Gasteiger partial charge in [0.2, 0.25) is 5.91 Å². The number of carbonyl (C=O) groups excluding carboxylic acids is 1. The van der Waals surface area contributed by atoms with E-state index in [0.717, 1.165) is 64.8 Å². The van der Waals surface area contributed by atoms with Crippen LogP contribution in [0.5, 0.6) is 0 Å². The molecule has 5 nitrogen and oxygen atoms in total. The van der Waals surface area contributed by atoms with Crippen LogP contribution in [0, 0.1) is 0 Å². The molecule has 1 amide bonds. The normalized spacial score (nSPS) is 25.2. The third-order valence-electron chi connectivity index (χ3n) is 3.73. The molecule has 0 bridgehead atoms. The van der Waals surface area contributed by atoms with Crippen molar-refractivity contribution >= 4 is 5.91 Å². The van der Waals surface area contributed by atoms with Gasteiger partial charge in [0.25, 0.3) is 0 Å². The highest BCUT2D eigenvalue weighted by Crippen LogP contribution is 2.12. The van der Waals surface area contributed by atoms with E-state index in [1.165, 1.54) is 0 Å². The molecule has 5 heteroatoms. The molecule has 0 saturated carbocycles. The third kappa shape index (κ3) is 5.47. The van der Waals surface area contributed by atoms with Crippen LogP contribution in [0.1, 0.15) is 38.5 Å². The number of rotatable bonds is 6. The second kappa shape index (κ2) is 8.51. The van der Waals surface area contributed by atoms with Gasteiger partial charge in [0.05, 0.1) is 6.10 Å². The molecular formula is C14H26N2O3. The van der Waals surface area contributed by atoms with E-state index in [2.05, 4.69) is 10.6 Å². The number of hydrogen-bond donors (Lipinski definition) is 2. The largest absolute Gasteiger partial charge is 0.378 e. The van der Waals surface area contributed by atoms with Gasteiger partial charge in [0, 0.05) is 19.8 Å². The van der Waals surface area contributed by atoms with Gasteiger partial charge in [-0.2, -0.15) is 0 Å². The van der Waals surface area contributed by atoms with Crippen molar-refractivity contribution in [2.24, 2.45) is 0 Å². The Morgan fingerprint density at radius 2 is 2.11 bits per heavy atom. The summed E-state index contributed by atoms with van der Waals surface area (Å²) in [5.41, 5.74) is 0. The van der Waals surface area contributed by atoms with Crippen molar-refractivity contribution in [2.45, 2.75) is 50.7 Å². The average molecular weight is 270 g/mol. The summed E-state index contributed by atoms with van der Waals surface area (Å²) in [5.74, 6) is 0.0431. The van der Waals surface area contributed by atoms with E-state index in [-0.39, 0.29) is 12.0 Å². The molecule has 2 fully saturated rings. The van der Waals surface area contributed by atoms with Crippen LogP contribution >= 0.6 is 0 Å². The molecule has 2 aliphatic rings. The van der Waals surface area contributed by atoms with E-state index in [1.807, 2.05) is 0 Å². The fourth-order valence-electron chi connectivity index (χ4n) is 2.56. The van der Waals surface area contributed by atoms with Crippen LogP contribution in [0.3, 0.4) is 0 Å². The zero-order valence-electron chi connectivity index (χ0n) is 11.7. The van der Waals surface area contributed by atoms with Crippen LogP contribution in [-0.2, 0) is 14.3 Å². The molecule has 110 valence electrons. The van der Waals surface area contributed by atoms with Crippen molar-refractivity contribution < 1.29 is 14.3 Å². The lowest BCUT2D eigenvalue weighted by atomic mass is 10.1. The predicted molar refractivity (Wildman–Crippen MR) is 73.1 cm³/mol. The molecule has 1 atom stereocenters. The maximum absolute atomic E-state index is 11.8. The Labute approximate surface area is 115 Å². The Hall–Kier alpha value is -0.650. The summed E-state index contributed by atoms with van der Waals surface area (Å²) in [6.07, 6.45) is 6.28. The molecule has 0 spiro atoms. The lowest BCUT2D eigenvalue weighted by Gasteiger charge is -2.23. The average Bonchev–Trinajstić information content (AvgIpc) is 2.49. The maximum atomic E-state index is 11.8. The lowest BCUT2D eigenvalue weighted by Crippen LogP contribution is -2.39. The smallest absolute Gasteiger partial charge is 0.249 e. The quantitative estimate of drug-likeness (QED) is 0.702. The predicted octanol–water partition coefficient (Wildman–Crippen LogP) is 0.830. The molecule has 0 aromatic heterocycles. The van der Waals surface area contributed by atoms with E-state index in [9.17, 15) is 4.79 Å². The van der Waals surface area contributed by atoms with Crippen molar-refractivity contribution in [3.8, 4) is 0 Å². The van der Waals surface area contributed by atoms with E-state index in [1.54, 1.807) is 0 Å². The maximum Gasteiger partial charge on any atom is 0.249 e. The van der Waals surface area contributed by atoms with Crippen molar-refractivity contribution in [2.75, 3.05) is 32.8 Å². The highest BCUT2D eigenvalue weighted by Gasteiger charge is 2.21. The topological polar surface area (TPSA) is 59.6 Å². The number of ether oxygens (including phenoxy) is 2. The highest BCUT2D eigenvalue weighted by atomic mass is 16.5. The van der Waals surface area contributed by atoms with E-state index in [0.29, 0.717) is 12.6 Å². The summed E-state index contributed by atoms with van der Waals surface area (Å²) in [5, 5.41) is 6.25. The molecule has 2 N–H and O–H groups in total. The van der Waals surface area contributed by atoms with Gasteiger partial charge in [-0.25, -0.2) is 0 Å². The lowest BCUT2D eigenvalue weighted by molar-refractivity contribution is -0.135. The van der Waals surface area contributed by atoms with E-state index >= 15 is 0 Å². The van der Waals surface area contributed by atoms with Crippen LogP contribution in [0.15, 0.2) is 0 Å². The van der Waals surface area contributed by atoms with Crippen molar-refractivity contribution in [3.05, 3.63) is 0 Å². The monoisotopic (exact) mass is 270 g/mol. The summed E-state index contributed by atoms with van der Waals surface area (Å²) < 4.78 is 11.2. The molecule has 2 saturated heterocycles. The van der Waals surface area contributed by atoms with Gasteiger partial charge < -0.3 is 20.1 Å². The Balaban J connectivity index is 1.47. The molecular weight excluding hydrogens is 244 g/mol. The van der Waals surface area contributed by atoms with Gasteiger partial charge in [-0.1, -0.05) is 0 Å². The van der Waals surface area contributed by atoms with Gasteiger partial charge >= 0.3 is 0 Å². The summed E-state index contributed by atoms with van der Waals surface area (Å²) >= 11 is 0. The minimum atomic E-state index is -0.223.